The van der Waals surface area contributed by atoms with Gasteiger partial charge < -0.3 is 19.2 Å². The summed E-state index contributed by atoms with van der Waals surface area (Å²) in [5.74, 6) is 0. The minimum absolute atomic E-state index is 0. The van der Waals surface area contributed by atoms with Crippen molar-refractivity contribution in [2.24, 2.45) is 0 Å². The van der Waals surface area contributed by atoms with Crippen LogP contribution in [0.5, 0.6) is 0 Å². The van der Waals surface area contributed by atoms with Crippen LogP contribution >= 0.6 is 0 Å². The van der Waals surface area contributed by atoms with E-state index in [0.717, 1.165) is 0 Å². The van der Waals surface area contributed by atoms with Crippen LogP contribution in [0.4, 0.5) is 0 Å². The second-order valence-corrected chi connectivity index (χ2v) is 1.80. The third kappa shape index (κ3) is 66.9. The molecule has 4 nitrogen and oxygen atoms in total. The van der Waals surface area contributed by atoms with Crippen LogP contribution in [0.2, 0.25) is 0 Å². The third-order valence-corrected chi connectivity index (χ3v) is 0. The molecule has 0 aromatic heterocycles. The van der Waals surface area contributed by atoms with Gasteiger partial charge in [0.25, 0.3) is 0 Å². The summed E-state index contributed by atoms with van der Waals surface area (Å²) in [6.07, 6.45) is 0. The van der Waals surface area contributed by atoms with Crippen molar-refractivity contribution in [1.29, 1.82) is 0 Å². The van der Waals surface area contributed by atoms with Gasteiger partial charge in [-0.25, -0.2) is 0 Å². The van der Waals surface area contributed by atoms with Gasteiger partial charge >= 0.3 is 65.9 Å². The number of hydrogen-bond acceptors (Lipinski definition) is 4. The molecule has 0 amide bonds. The van der Waals surface area contributed by atoms with Crippen LogP contribution in [0.1, 0.15) is 0 Å². The Morgan fingerprint density at radius 3 is 0.875 bits per heavy atom. The van der Waals surface area contributed by atoms with E-state index in [1.165, 1.54) is 0 Å². The van der Waals surface area contributed by atoms with Crippen molar-refractivity contribution in [3.05, 3.63) is 0 Å². The van der Waals surface area contributed by atoms with Crippen LogP contribution in [0.15, 0.2) is 0 Å². The fourth-order valence-electron chi connectivity index (χ4n) is 0. The Kier molecular flexibility index (Phi) is 27.7. The van der Waals surface area contributed by atoms with Crippen LogP contribution in [-0.2, 0) is 26.2 Å². The van der Waals surface area contributed by atoms with E-state index < -0.39 is 9.05 Å². The van der Waals surface area contributed by atoms with E-state index in [4.69, 9.17) is 19.2 Å². The van der Waals surface area contributed by atoms with Crippen molar-refractivity contribution in [2.45, 2.75) is 0 Å². The van der Waals surface area contributed by atoms with Gasteiger partial charge in [-0.3, -0.25) is 0 Å². The van der Waals surface area contributed by atoms with Crippen molar-refractivity contribution in [1.82, 2.24) is 0 Å². The molecular formula is H7NaO4PbSiZr. The maximum atomic E-state index is 7.33. The fourth-order valence-corrected chi connectivity index (χ4v) is 0. The van der Waals surface area contributed by atoms with Gasteiger partial charge in [0.15, 0.2) is 0 Å². The van der Waals surface area contributed by atoms with E-state index in [1.807, 2.05) is 0 Å². The third-order valence-electron chi connectivity index (χ3n) is 0. The van der Waals surface area contributed by atoms with Crippen LogP contribution in [0.25, 0.3) is 0 Å². The summed E-state index contributed by atoms with van der Waals surface area (Å²) in [5, 5.41) is 0. The topological polar surface area (TPSA) is 80.9 Å². The standard InChI is InChI=1S/Na.H4O4Si.Pb.Zr.3H/c;1-5(2,3)4;;;;;/h;1-4H;;;;;. The van der Waals surface area contributed by atoms with E-state index in [2.05, 4.69) is 0 Å². The first-order valence-electron chi connectivity index (χ1n) is 0.894. The van der Waals surface area contributed by atoms with E-state index in [0.29, 0.717) is 0 Å². The van der Waals surface area contributed by atoms with E-state index in [9.17, 15) is 0 Å². The molecule has 0 atom stereocenters. The van der Waals surface area contributed by atoms with Gasteiger partial charge in [0.05, 0.1) is 0 Å². The monoisotopic (exact) mass is 420 g/mol. The SMILES string of the molecule is O[Si](O)(O)O.[NaH].[PbH2].[Zr]. The largest absolute Gasteiger partial charge is 0 e. The summed E-state index contributed by atoms with van der Waals surface area (Å²) in [7, 11) is -4.61. The van der Waals surface area contributed by atoms with E-state index in [1.54, 1.807) is 0 Å². The molecule has 8 heteroatoms. The summed E-state index contributed by atoms with van der Waals surface area (Å²) in [6, 6.07) is 0. The quantitative estimate of drug-likeness (QED) is 0.300. The number of hydrogen-bond donors (Lipinski definition) is 4. The molecule has 8 heavy (non-hydrogen) atoms. The summed E-state index contributed by atoms with van der Waals surface area (Å²) in [4.78, 5) is 29.3. The molecule has 4 N–H and O–H groups in total. The molecule has 2 radical (unpaired) electrons. The Bertz CT molecular complexity index is 31.5. The molecule has 0 fully saturated rings. The van der Waals surface area contributed by atoms with Gasteiger partial charge in [-0.2, -0.15) is 0 Å². The molecule has 0 rings (SSSR count). The first-order chi connectivity index (χ1) is 2.00. The molecule has 0 unspecified atom stereocenters. The molecule has 0 aromatic carbocycles. The molecule has 0 bridgehead atoms. The minimum Gasteiger partial charge on any atom is 0 e. The van der Waals surface area contributed by atoms with Gasteiger partial charge in [-0.15, -0.1) is 0 Å². The predicted octanol–water partition coefficient (Wildman–Crippen LogP) is -4.18. The van der Waals surface area contributed by atoms with Crippen LogP contribution in [0, 0.1) is 0 Å². The van der Waals surface area contributed by atoms with Gasteiger partial charge in [0, 0.05) is 26.2 Å². The molecule has 0 heterocycles. The zero-order chi connectivity index (χ0) is 4.50. The van der Waals surface area contributed by atoms with E-state index >= 15 is 0 Å². The normalized spacial score (nSPS) is 7.50. The summed E-state index contributed by atoms with van der Waals surface area (Å²) >= 11 is 0. The van der Waals surface area contributed by atoms with Crippen LogP contribution in [-0.4, -0.2) is 85.1 Å². The van der Waals surface area contributed by atoms with Crippen molar-refractivity contribution in [3.8, 4) is 0 Å². The van der Waals surface area contributed by atoms with Crippen molar-refractivity contribution in [3.63, 3.8) is 0 Å². The van der Waals surface area contributed by atoms with Crippen LogP contribution in [0.3, 0.4) is 0 Å². The van der Waals surface area contributed by atoms with Gasteiger partial charge in [-0.1, -0.05) is 0 Å². The average Bonchev–Trinajstić information content (AvgIpc) is 0.722. The average molecular weight is 421 g/mol. The fraction of sp³-hybridized carbons (Fsp3) is 0. The Morgan fingerprint density at radius 2 is 0.875 bits per heavy atom. The maximum absolute atomic E-state index is 7.33. The minimum atomic E-state index is -4.61. The first-order valence-corrected chi connectivity index (χ1v) is 2.68. The summed E-state index contributed by atoms with van der Waals surface area (Å²) in [6.45, 7) is 0. The molecule has 0 aliphatic rings. The van der Waals surface area contributed by atoms with Gasteiger partial charge in [0.1, 0.15) is 0 Å². The van der Waals surface area contributed by atoms with Gasteiger partial charge in [-0.05, 0) is 0 Å². The Morgan fingerprint density at radius 1 is 0.875 bits per heavy atom. The molecule has 44 valence electrons. The van der Waals surface area contributed by atoms with Crippen LogP contribution < -0.4 is 0 Å². The molecule has 0 saturated heterocycles. The molecule has 0 spiro atoms. The Hall–Kier alpha value is 2.86. The predicted molar refractivity (Wildman–Crippen MR) is 30.3 cm³/mol. The number of rotatable bonds is 0. The second-order valence-electron chi connectivity index (χ2n) is 0.600. The zero-order valence-corrected chi connectivity index (χ0v) is 12.5. The van der Waals surface area contributed by atoms with Crippen molar-refractivity contribution in [2.75, 3.05) is 0 Å². The first kappa shape index (κ1) is 22.4. The molecule has 0 saturated carbocycles. The molecule has 0 aliphatic carbocycles. The van der Waals surface area contributed by atoms with Crippen molar-refractivity contribution < 1.29 is 45.4 Å². The Balaban J connectivity index is -0.0000000267. The summed E-state index contributed by atoms with van der Waals surface area (Å²) < 4.78 is 0. The van der Waals surface area contributed by atoms with E-state index in [-0.39, 0.29) is 83.1 Å². The van der Waals surface area contributed by atoms with Gasteiger partial charge in [0.2, 0.25) is 0 Å². The molecule has 0 aliphatic heterocycles. The smallest absolute Gasteiger partial charge is 0 e. The van der Waals surface area contributed by atoms with Crippen molar-refractivity contribution >= 4 is 65.9 Å². The Labute approximate surface area is 109 Å². The zero-order valence-electron chi connectivity index (χ0n) is 3.50. The molecular weight excluding hydrogens is 413 g/mol. The molecule has 0 aromatic rings. The maximum Gasteiger partial charge on any atom is 0 e. The summed E-state index contributed by atoms with van der Waals surface area (Å²) in [5.41, 5.74) is 0. The second kappa shape index (κ2) is 9.86.